The summed E-state index contributed by atoms with van der Waals surface area (Å²) in [5, 5.41) is 13.1. The SMILES string of the molecule is Cc1ccc(NC(C)(CO)C2CCOC2)cc1. The highest BCUT2D eigenvalue weighted by molar-refractivity contribution is 5.47. The first-order chi connectivity index (χ1) is 8.14. The van der Waals surface area contributed by atoms with Gasteiger partial charge in [0.2, 0.25) is 0 Å². The lowest BCUT2D eigenvalue weighted by atomic mass is 9.85. The molecule has 2 N–H and O–H groups in total. The van der Waals surface area contributed by atoms with Gasteiger partial charge in [-0.15, -0.1) is 0 Å². The van der Waals surface area contributed by atoms with Crippen molar-refractivity contribution in [3.05, 3.63) is 29.8 Å². The average molecular weight is 235 g/mol. The summed E-state index contributed by atoms with van der Waals surface area (Å²) in [5.74, 6) is 0.369. The maximum atomic E-state index is 9.64. The Labute approximate surface area is 103 Å². The number of aliphatic hydroxyl groups excluding tert-OH is 1. The summed E-state index contributed by atoms with van der Waals surface area (Å²) in [5.41, 5.74) is 2.00. The van der Waals surface area contributed by atoms with Crippen LogP contribution in [0.2, 0.25) is 0 Å². The van der Waals surface area contributed by atoms with E-state index in [1.165, 1.54) is 5.56 Å². The number of ether oxygens (including phenoxy) is 1. The van der Waals surface area contributed by atoms with Crippen molar-refractivity contribution >= 4 is 5.69 Å². The van der Waals surface area contributed by atoms with Crippen LogP contribution in [0.25, 0.3) is 0 Å². The number of aryl methyl sites for hydroxylation is 1. The molecule has 1 aliphatic heterocycles. The van der Waals surface area contributed by atoms with Gasteiger partial charge < -0.3 is 15.2 Å². The van der Waals surface area contributed by atoms with Gasteiger partial charge in [0.05, 0.1) is 18.8 Å². The summed E-state index contributed by atoms with van der Waals surface area (Å²) in [6, 6.07) is 8.26. The lowest BCUT2D eigenvalue weighted by Gasteiger charge is -2.35. The third-order valence-electron chi connectivity index (χ3n) is 3.64. The monoisotopic (exact) mass is 235 g/mol. The van der Waals surface area contributed by atoms with Crippen molar-refractivity contribution in [3.63, 3.8) is 0 Å². The Balaban J connectivity index is 2.10. The summed E-state index contributed by atoms with van der Waals surface area (Å²) in [7, 11) is 0. The molecular formula is C14H21NO2. The first-order valence-electron chi connectivity index (χ1n) is 6.17. The van der Waals surface area contributed by atoms with Crippen LogP contribution in [0.15, 0.2) is 24.3 Å². The molecule has 3 heteroatoms. The third-order valence-corrected chi connectivity index (χ3v) is 3.64. The fourth-order valence-electron chi connectivity index (χ4n) is 2.27. The first kappa shape index (κ1) is 12.4. The molecule has 2 rings (SSSR count). The lowest BCUT2D eigenvalue weighted by molar-refractivity contribution is 0.137. The number of nitrogens with one attached hydrogen (secondary N) is 1. The van der Waals surface area contributed by atoms with E-state index < -0.39 is 0 Å². The first-order valence-corrected chi connectivity index (χ1v) is 6.17. The smallest absolute Gasteiger partial charge is 0.0662 e. The van der Waals surface area contributed by atoms with Crippen molar-refractivity contribution in [1.29, 1.82) is 0 Å². The van der Waals surface area contributed by atoms with Crippen molar-refractivity contribution in [2.45, 2.75) is 25.8 Å². The van der Waals surface area contributed by atoms with Gasteiger partial charge >= 0.3 is 0 Å². The Morgan fingerprint density at radius 2 is 2.12 bits per heavy atom. The number of anilines is 1. The van der Waals surface area contributed by atoms with Crippen molar-refractivity contribution in [1.82, 2.24) is 0 Å². The molecule has 1 aromatic rings. The average Bonchev–Trinajstić information content (AvgIpc) is 2.86. The predicted octanol–water partition coefficient (Wildman–Crippen LogP) is 2.19. The van der Waals surface area contributed by atoms with E-state index in [9.17, 15) is 5.11 Å². The molecule has 1 saturated heterocycles. The van der Waals surface area contributed by atoms with Gasteiger partial charge in [-0.2, -0.15) is 0 Å². The number of benzene rings is 1. The van der Waals surface area contributed by atoms with Gasteiger partial charge in [-0.1, -0.05) is 17.7 Å². The van der Waals surface area contributed by atoms with Crippen LogP contribution in [0.5, 0.6) is 0 Å². The Bertz CT molecular complexity index is 357. The maximum Gasteiger partial charge on any atom is 0.0662 e. The fourth-order valence-corrected chi connectivity index (χ4v) is 2.27. The largest absolute Gasteiger partial charge is 0.394 e. The number of hydrogen-bond acceptors (Lipinski definition) is 3. The third kappa shape index (κ3) is 2.79. The van der Waals surface area contributed by atoms with Crippen molar-refractivity contribution in [3.8, 4) is 0 Å². The zero-order chi connectivity index (χ0) is 12.3. The molecule has 2 unspecified atom stereocenters. The summed E-state index contributed by atoms with van der Waals surface area (Å²) in [4.78, 5) is 0. The van der Waals surface area contributed by atoms with Gasteiger partial charge in [0, 0.05) is 18.2 Å². The summed E-state index contributed by atoms with van der Waals surface area (Å²) >= 11 is 0. The summed E-state index contributed by atoms with van der Waals surface area (Å²) in [6.07, 6.45) is 1.01. The molecule has 0 bridgehead atoms. The van der Waals surface area contributed by atoms with Crippen LogP contribution >= 0.6 is 0 Å². The highest BCUT2D eigenvalue weighted by atomic mass is 16.5. The molecule has 3 nitrogen and oxygen atoms in total. The van der Waals surface area contributed by atoms with Crippen molar-refractivity contribution in [2.24, 2.45) is 5.92 Å². The molecule has 2 atom stereocenters. The van der Waals surface area contributed by atoms with Gasteiger partial charge in [0.1, 0.15) is 0 Å². The van der Waals surface area contributed by atoms with Crippen LogP contribution in [-0.4, -0.2) is 30.5 Å². The molecule has 0 saturated carbocycles. The Morgan fingerprint density at radius 3 is 2.65 bits per heavy atom. The van der Waals surface area contributed by atoms with E-state index in [1.807, 2.05) is 0 Å². The second kappa shape index (κ2) is 5.07. The molecule has 1 aliphatic rings. The standard InChI is InChI=1S/C14H21NO2/c1-11-3-5-13(6-4-11)15-14(2,10-16)12-7-8-17-9-12/h3-6,12,15-16H,7-10H2,1-2H3. The molecule has 0 spiro atoms. The van der Waals surface area contributed by atoms with Crippen molar-refractivity contribution in [2.75, 3.05) is 25.1 Å². The maximum absolute atomic E-state index is 9.64. The van der Waals surface area contributed by atoms with E-state index in [0.29, 0.717) is 5.92 Å². The molecule has 1 heterocycles. The normalized spacial score (nSPS) is 23.4. The second-order valence-corrected chi connectivity index (χ2v) is 5.13. The van der Waals surface area contributed by atoms with Crippen LogP contribution in [0.1, 0.15) is 18.9 Å². The van der Waals surface area contributed by atoms with E-state index in [0.717, 1.165) is 25.3 Å². The van der Waals surface area contributed by atoms with Gasteiger partial charge in [-0.05, 0) is 32.4 Å². The molecular weight excluding hydrogens is 214 g/mol. The van der Waals surface area contributed by atoms with Crippen LogP contribution < -0.4 is 5.32 Å². The molecule has 1 aromatic carbocycles. The molecule has 0 aromatic heterocycles. The number of rotatable bonds is 4. The molecule has 1 fully saturated rings. The van der Waals surface area contributed by atoms with Gasteiger partial charge in [-0.3, -0.25) is 0 Å². The van der Waals surface area contributed by atoms with Crippen LogP contribution in [0.3, 0.4) is 0 Å². The molecule has 0 aliphatic carbocycles. The molecule has 0 radical (unpaired) electrons. The van der Waals surface area contributed by atoms with Crippen molar-refractivity contribution < 1.29 is 9.84 Å². The highest BCUT2D eigenvalue weighted by Crippen LogP contribution is 2.29. The minimum absolute atomic E-state index is 0.120. The summed E-state index contributed by atoms with van der Waals surface area (Å²) in [6.45, 7) is 5.78. The molecule has 0 amide bonds. The quantitative estimate of drug-likeness (QED) is 0.840. The lowest BCUT2D eigenvalue weighted by Crippen LogP contribution is -2.46. The van der Waals surface area contributed by atoms with Crippen LogP contribution in [0, 0.1) is 12.8 Å². The van der Waals surface area contributed by atoms with Gasteiger partial charge in [0.15, 0.2) is 0 Å². The number of aliphatic hydroxyl groups is 1. The fraction of sp³-hybridized carbons (Fsp3) is 0.571. The second-order valence-electron chi connectivity index (χ2n) is 5.13. The van der Waals surface area contributed by atoms with Crippen LogP contribution in [0.4, 0.5) is 5.69 Å². The minimum atomic E-state index is -0.300. The highest BCUT2D eigenvalue weighted by Gasteiger charge is 2.36. The van der Waals surface area contributed by atoms with Crippen LogP contribution in [-0.2, 0) is 4.74 Å². The Kier molecular flexibility index (Phi) is 3.69. The number of hydrogen-bond donors (Lipinski definition) is 2. The predicted molar refractivity (Wildman–Crippen MR) is 69.2 cm³/mol. The molecule has 17 heavy (non-hydrogen) atoms. The van der Waals surface area contributed by atoms with Gasteiger partial charge in [0.25, 0.3) is 0 Å². The van der Waals surface area contributed by atoms with Gasteiger partial charge in [-0.25, -0.2) is 0 Å². The zero-order valence-electron chi connectivity index (χ0n) is 10.6. The van der Waals surface area contributed by atoms with E-state index >= 15 is 0 Å². The molecule has 94 valence electrons. The van der Waals surface area contributed by atoms with E-state index in [2.05, 4.69) is 43.4 Å². The Morgan fingerprint density at radius 1 is 1.41 bits per heavy atom. The minimum Gasteiger partial charge on any atom is -0.394 e. The van der Waals surface area contributed by atoms with E-state index in [1.54, 1.807) is 0 Å². The van der Waals surface area contributed by atoms with E-state index in [4.69, 9.17) is 4.74 Å². The Hall–Kier alpha value is -1.06. The topological polar surface area (TPSA) is 41.5 Å². The summed E-state index contributed by atoms with van der Waals surface area (Å²) < 4.78 is 5.41. The zero-order valence-corrected chi connectivity index (χ0v) is 10.6. The van der Waals surface area contributed by atoms with E-state index in [-0.39, 0.29) is 12.1 Å².